The average molecular weight is 445 g/mol. The van der Waals surface area contributed by atoms with E-state index in [0.717, 1.165) is 12.0 Å². The summed E-state index contributed by atoms with van der Waals surface area (Å²) in [5, 5.41) is -0.305. The molecule has 1 aromatic heterocycles. The average Bonchev–Trinajstić information content (AvgIpc) is 2.85. The first kappa shape index (κ1) is 23.1. The van der Waals surface area contributed by atoms with Gasteiger partial charge in [-0.2, -0.15) is 17.9 Å². The van der Waals surface area contributed by atoms with Crippen LogP contribution in [-0.2, 0) is 16.6 Å². The number of nitrogens with zero attached hydrogens (tertiary/aromatic N) is 1. The van der Waals surface area contributed by atoms with Crippen molar-refractivity contribution < 1.29 is 21.6 Å². The maximum atomic E-state index is 14.1. The topological polar surface area (TPSA) is 51.1 Å². The van der Waals surface area contributed by atoms with Crippen molar-refractivity contribution in [2.75, 3.05) is 0 Å². The standard InChI is InChI=1S/C22H31F3N2O2S/c1-14(2)15-9-10-17-18(12-27(19(17)11-15)13-21(3,4)5)20(22(23,24)25)26-30(28,29)16-7-6-8-16/h9-12,14,16,20,26H,6-8,13H2,1-5H3/t20-/m0/s1. The molecule has 168 valence electrons. The van der Waals surface area contributed by atoms with Crippen LogP contribution in [0.1, 0.15) is 77.0 Å². The molecule has 0 unspecified atom stereocenters. The lowest BCUT2D eigenvalue weighted by atomic mass is 9.96. The third-order valence-electron chi connectivity index (χ3n) is 5.66. The molecule has 1 aliphatic rings. The van der Waals surface area contributed by atoms with Gasteiger partial charge in [0.25, 0.3) is 0 Å². The molecule has 1 N–H and O–H groups in total. The summed E-state index contributed by atoms with van der Waals surface area (Å²) in [6, 6.07) is 3.17. The quantitative estimate of drug-likeness (QED) is 0.604. The van der Waals surface area contributed by atoms with Crippen molar-refractivity contribution in [3.63, 3.8) is 0 Å². The molecule has 1 saturated carbocycles. The van der Waals surface area contributed by atoms with Crippen LogP contribution < -0.4 is 4.72 Å². The summed E-state index contributed by atoms with van der Waals surface area (Å²) in [4.78, 5) is 0. The number of halogens is 3. The van der Waals surface area contributed by atoms with Gasteiger partial charge in [-0.15, -0.1) is 0 Å². The van der Waals surface area contributed by atoms with Crippen LogP contribution in [0.5, 0.6) is 0 Å². The second-order valence-corrected chi connectivity index (χ2v) is 11.9. The van der Waals surface area contributed by atoms with E-state index in [4.69, 9.17) is 0 Å². The highest BCUT2D eigenvalue weighted by Crippen LogP contribution is 2.40. The summed E-state index contributed by atoms with van der Waals surface area (Å²) in [6.45, 7) is 10.6. The third kappa shape index (κ3) is 4.85. The van der Waals surface area contributed by atoms with E-state index in [1.807, 2.05) is 56.0 Å². The SMILES string of the molecule is CC(C)c1ccc2c([C@H](NS(=O)(=O)C3CCC3)C(F)(F)F)cn(CC(C)(C)C)c2c1. The zero-order valence-corrected chi connectivity index (χ0v) is 19.0. The van der Waals surface area contributed by atoms with Crippen LogP contribution in [0.4, 0.5) is 13.2 Å². The van der Waals surface area contributed by atoms with Gasteiger partial charge in [0.05, 0.1) is 5.25 Å². The minimum absolute atomic E-state index is 0.0417. The van der Waals surface area contributed by atoms with Crippen molar-refractivity contribution in [3.8, 4) is 0 Å². The van der Waals surface area contributed by atoms with Gasteiger partial charge in [0.1, 0.15) is 6.04 Å². The highest BCUT2D eigenvalue weighted by Gasteiger charge is 2.46. The summed E-state index contributed by atoms with van der Waals surface area (Å²) < 4.78 is 71.1. The lowest BCUT2D eigenvalue weighted by Gasteiger charge is -2.29. The Hall–Kier alpha value is -1.54. The van der Waals surface area contributed by atoms with E-state index in [9.17, 15) is 21.6 Å². The Morgan fingerprint density at radius 1 is 1.17 bits per heavy atom. The Morgan fingerprint density at radius 3 is 2.27 bits per heavy atom. The number of sulfonamides is 1. The molecule has 1 heterocycles. The minimum atomic E-state index is -4.74. The number of nitrogens with one attached hydrogen (secondary N) is 1. The van der Waals surface area contributed by atoms with Crippen molar-refractivity contribution in [1.82, 2.24) is 9.29 Å². The largest absolute Gasteiger partial charge is 0.408 e. The predicted octanol–water partition coefficient (Wildman–Crippen LogP) is 5.89. The van der Waals surface area contributed by atoms with Crippen LogP contribution in [-0.4, -0.2) is 24.4 Å². The van der Waals surface area contributed by atoms with Crippen molar-refractivity contribution in [3.05, 3.63) is 35.5 Å². The second kappa shape index (κ2) is 7.86. The molecule has 2 aromatic rings. The fraction of sp³-hybridized carbons (Fsp3) is 0.636. The van der Waals surface area contributed by atoms with Gasteiger partial charge < -0.3 is 4.57 Å². The summed E-state index contributed by atoms with van der Waals surface area (Å²) in [5.74, 6) is 0.228. The van der Waals surface area contributed by atoms with Crippen molar-refractivity contribution in [1.29, 1.82) is 0 Å². The number of fused-ring (bicyclic) bond motifs is 1. The highest BCUT2D eigenvalue weighted by atomic mass is 32.2. The van der Waals surface area contributed by atoms with E-state index in [0.29, 0.717) is 30.3 Å². The molecule has 30 heavy (non-hydrogen) atoms. The zero-order chi connectivity index (χ0) is 22.5. The van der Waals surface area contributed by atoms with Crippen LogP contribution in [0.3, 0.4) is 0 Å². The van der Waals surface area contributed by atoms with E-state index in [1.54, 1.807) is 6.07 Å². The molecule has 8 heteroatoms. The van der Waals surface area contributed by atoms with Crippen molar-refractivity contribution in [2.24, 2.45) is 5.41 Å². The minimum Gasteiger partial charge on any atom is -0.347 e. The van der Waals surface area contributed by atoms with Crippen LogP contribution in [0.15, 0.2) is 24.4 Å². The Kier molecular flexibility index (Phi) is 6.06. The first-order chi connectivity index (χ1) is 13.7. The molecular weight excluding hydrogens is 413 g/mol. The molecule has 1 aliphatic carbocycles. The molecule has 0 radical (unpaired) electrons. The Bertz CT molecular complexity index is 1010. The third-order valence-corrected chi connectivity index (χ3v) is 7.57. The van der Waals surface area contributed by atoms with Crippen LogP contribution in [0.25, 0.3) is 10.9 Å². The fourth-order valence-electron chi connectivity index (χ4n) is 3.82. The molecule has 1 aromatic carbocycles. The molecule has 4 nitrogen and oxygen atoms in total. The Labute approximate surface area is 176 Å². The molecule has 0 amide bonds. The van der Waals surface area contributed by atoms with Gasteiger partial charge in [0.2, 0.25) is 10.0 Å². The molecule has 0 saturated heterocycles. The summed E-state index contributed by atoms with van der Waals surface area (Å²) in [6.07, 6.45) is -1.73. The van der Waals surface area contributed by atoms with E-state index >= 15 is 0 Å². The fourth-order valence-corrected chi connectivity index (χ4v) is 5.55. The summed E-state index contributed by atoms with van der Waals surface area (Å²) >= 11 is 0. The van der Waals surface area contributed by atoms with E-state index in [1.165, 1.54) is 6.20 Å². The summed E-state index contributed by atoms with van der Waals surface area (Å²) in [5.41, 5.74) is 1.53. The smallest absolute Gasteiger partial charge is 0.347 e. The normalized spacial score (nSPS) is 17.5. The first-order valence-corrected chi connectivity index (χ1v) is 11.9. The number of hydrogen-bond acceptors (Lipinski definition) is 2. The Balaban J connectivity index is 2.15. The van der Waals surface area contributed by atoms with Crippen LogP contribution >= 0.6 is 0 Å². The first-order valence-electron chi connectivity index (χ1n) is 10.4. The van der Waals surface area contributed by atoms with Gasteiger partial charge in [-0.25, -0.2) is 8.42 Å². The van der Waals surface area contributed by atoms with Gasteiger partial charge in [0.15, 0.2) is 0 Å². The molecule has 1 atom stereocenters. The lowest BCUT2D eigenvalue weighted by molar-refractivity contribution is -0.152. The van der Waals surface area contributed by atoms with Crippen LogP contribution in [0, 0.1) is 5.41 Å². The predicted molar refractivity (Wildman–Crippen MR) is 114 cm³/mol. The van der Waals surface area contributed by atoms with E-state index < -0.39 is 27.5 Å². The molecule has 0 bridgehead atoms. The Morgan fingerprint density at radius 2 is 1.80 bits per heavy atom. The van der Waals surface area contributed by atoms with Gasteiger partial charge in [-0.1, -0.05) is 53.2 Å². The number of alkyl halides is 3. The van der Waals surface area contributed by atoms with Gasteiger partial charge >= 0.3 is 6.18 Å². The van der Waals surface area contributed by atoms with Gasteiger partial charge in [-0.3, -0.25) is 0 Å². The number of benzene rings is 1. The second-order valence-electron chi connectivity index (χ2n) is 9.89. The van der Waals surface area contributed by atoms with Gasteiger partial charge in [-0.05, 0) is 35.8 Å². The molecule has 0 spiro atoms. The highest BCUT2D eigenvalue weighted by molar-refractivity contribution is 7.90. The molecule has 0 aliphatic heterocycles. The van der Waals surface area contributed by atoms with Crippen molar-refractivity contribution >= 4 is 20.9 Å². The van der Waals surface area contributed by atoms with E-state index in [2.05, 4.69) is 0 Å². The maximum absolute atomic E-state index is 14.1. The number of aromatic nitrogens is 1. The molecular formula is C22H31F3N2O2S. The maximum Gasteiger partial charge on any atom is 0.408 e. The van der Waals surface area contributed by atoms with Crippen LogP contribution in [0.2, 0.25) is 0 Å². The zero-order valence-electron chi connectivity index (χ0n) is 18.2. The molecule has 1 fully saturated rings. The molecule has 3 rings (SSSR count). The number of rotatable bonds is 6. The lowest BCUT2D eigenvalue weighted by Crippen LogP contribution is -2.44. The number of hydrogen-bond donors (Lipinski definition) is 1. The monoisotopic (exact) mass is 444 g/mol. The van der Waals surface area contributed by atoms with E-state index in [-0.39, 0.29) is 16.9 Å². The van der Waals surface area contributed by atoms with Crippen molar-refractivity contribution in [2.45, 2.75) is 83.8 Å². The van der Waals surface area contributed by atoms with Gasteiger partial charge in [0, 0.05) is 29.2 Å². The summed E-state index contributed by atoms with van der Waals surface area (Å²) in [7, 11) is -4.05.